The molecular formula is H5AuN2O3S. The number of hydrogen-bond donors (Lipinski definition) is 2. The summed E-state index contributed by atoms with van der Waals surface area (Å²) in [7, 11) is 0. The Kier molecular flexibility index (Phi) is 10.3. The van der Waals surface area contributed by atoms with Crippen LogP contribution in [-0.4, -0.2) is 4.21 Å². The standard InChI is InChI=1S/Au.H3NO3S.H3N/c;1-4-5(2)3;/h;1H2,(H,2,3);1H3/q+1;;/p-1. The van der Waals surface area contributed by atoms with E-state index < -0.39 is 11.4 Å². The van der Waals surface area contributed by atoms with Crippen LogP contribution in [0, 0.1) is 0 Å². The molecule has 0 aliphatic heterocycles. The number of rotatable bonds is 2. The normalized spacial score (nSPS) is 12.4. The summed E-state index contributed by atoms with van der Waals surface area (Å²) in [5.74, 6) is 4.35. The fourth-order valence-electron chi connectivity index (χ4n) is 0.0118. The van der Waals surface area contributed by atoms with Gasteiger partial charge < -0.3 is 6.15 Å². The van der Waals surface area contributed by atoms with E-state index in [1.54, 1.807) is 21.5 Å². The van der Waals surface area contributed by atoms with E-state index in [2.05, 4.69) is 12.9 Å². The first kappa shape index (κ1) is 10.7. The second kappa shape index (κ2) is 6.73. The molecule has 0 amide bonds. The van der Waals surface area contributed by atoms with Gasteiger partial charge >= 0.3 is 49.9 Å². The predicted molar refractivity (Wildman–Crippen MR) is 19.5 cm³/mol. The van der Waals surface area contributed by atoms with Crippen molar-refractivity contribution in [1.29, 1.82) is 0 Å². The minimum atomic E-state index is -1.78. The van der Waals surface area contributed by atoms with Crippen molar-refractivity contribution < 1.29 is 32.6 Å². The van der Waals surface area contributed by atoms with Gasteiger partial charge in [0.05, 0.1) is 0 Å². The summed E-state index contributed by atoms with van der Waals surface area (Å²) in [5.41, 5.74) is 0. The zero-order chi connectivity index (χ0) is 4.99. The van der Waals surface area contributed by atoms with Gasteiger partial charge in [0, 0.05) is 0 Å². The maximum atomic E-state index is 9.71. The molecule has 0 aliphatic carbocycles. The third kappa shape index (κ3) is 6.73. The zero-order valence-electron chi connectivity index (χ0n) is 3.22. The zero-order valence-corrected chi connectivity index (χ0v) is 6.20. The first-order chi connectivity index (χ1) is 2.81. The van der Waals surface area contributed by atoms with Gasteiger partial charge in [-0.1, -0.05) is 0 Å². The van der Waals surface area contributed by atoms with Gasteiger partial charge in [-0.25, -0.2) is 0 Å². The van der Waals surface area contributed by atoms with Crippen LogP contribution in [0.2, 0.25) is 0 Å². The molecule has 0 aliphatic rings. The van der Waals surface area contributed by atoms with E-state index in [9.17, 15) is 4.21 Å². The fraction of sp³-hybridized carbons (Fsp3) is 0. The molecular weight excluding hydrogens is 305 g/mol. The molecule has 5 nitrogen and oxygen atoms in total. The van der Waals surface area contributed by atoms with Crippen molar-refractivity contribution in [1.82, 2.24) is 6.15 Å². The molecule has 0 saturated carbocycles. The molecule has 0 heterocycles. The summed E-state index contributed by atoms with van der Waals surface area (Å²) >= 11 is -0.217. The van der Waals surface area contributed by atoms with Gasteiger partial charge in [0.2, 0.25) is 0 Å². The third-order valence-corrected chi connectivity index (χ3v) is 1.24. The molecule has 0 spiro atoms. The van der Waals surface area contributed by atoms with Crippen LogP contribution in [0.15, 0.2) is 0 Å². The van der Waals surface area contributed by atoms with Crippen molar-refractivity contribution in [2.75, 3.05) is 0 Å². The Bertz CT molecular complexity index is 50.9. The molecule has 0 fully saturated rings. The SMILES string of the molecule is N.NOS(=O)[O][Au]. The summed E-state index contributed by atoms with van der Waals surface area (Å²) in [6.07, 6.45) is 0. The Morgan fingerprint density at radius 3 is 2.14 bits per heavy atom. The number of hydrogen-bond acceptors (Lipinski definition) is 5. The quantitative estimate of drug-likeness (QED) is 0.509. The predicted octanol–water partition coefficient (Wildman–Crippen LogP) is -0.904. The topological polar surface area (TPSA) is 96.5 Å². The average molecular weight is 310 g/mol. The van der Waals surface area contributed by atoms with E-state index in [0.29, 0.717) is 0 Å². The minimum absolute atomic E-state index is 0. The Morgan fingerprint density at radius 2 is 2.14 bits per heavy atom. The molecule has 5 N–H and O–H groups in total. The Morgan fingerprint density at radius 1 is 1.71 bits per heavy atom. The molecule has 1 atom stereocenters. The van der Waals surface area contributed by atoms with Gasteiger partial charge in [0.25, 0.3) is 0 Å². The van der Waals surface area contributed by atoms with E-state index in [1.807, 2.05) is 0 Å². The van der Waals surface area contributed by atoms with Gasteiger partial charge in [-0.05, 0) is 0 Å². The molecule has 7 heavy (non-hydrogen) atoms. The van der Waals surface area contributed by atoms with Gasteiger partial charge in [0.1, 0.15) is 0 Å². The molecule has 0 aromatic carbocycles. The second-order valence-corrected chi connectivity index (χ2v) is 2.14. The van der Waals surface area contributed by atoms with Crippen LogP contribution in [0.1, 0.15) is 0 Å². The average Bonchev–Trinajstić information content (AvgIpc) is 1.65. The van der Waals surface area contributed by atoms with E-state index in [0.717, 1.165) is 0 Å². The molecule has 1 unspecified atom stereocenters. The molecule has 0 rings (SSSR count). The molecule has 7 heteroatoms. The molecule has 0 aromatic heterocycles. The molecule has 50 valence electrons. The number of nitrogens with two attached hydrogens (primary N) is 1. The molecule has 0 radical (unpaired) electrons. The summed E-state index contributed by atoms with van der Waals surface area (Å²) in [4.78, 5) is 0. The van der Waals surface area contributed by atoms with Crippen LogP contribution in [0.3, 0.4) is 0 Å². The van der Waals surface area contributed by atoms with Crippen molar-refractivity contribution in [3.05, 3.63) is 0 Å². The Balaban J connectivity index is 0. The Labute approximate surface area is 56.4 Å². The van der Waals surface area contributed by atoms with E-state index >= 15 is 0 Å². The van der Waals surface area contributed by atoms with Crippen molar-refractivity contribution in [2.45, 2.75) is 0 Å². The van der Waals surface area contributed by atoms with Crippen LogP contribution in [0.4, 0.5) is 0 Å². The maximum absolute atomic E-state index is 9.71. The summed E-state index contributed by atoms with van der Waals surface area (Å²) in [6, 6.07) is 0. The molecule has 0 saturated heterocycles. The van der Waals surface area contributed by atoms with E-state index in [-0.39, 0.29) is 6.15 Å². The van der Waals surface area contributed by atoms with Crippen molar-refractivity contribution in [2.24, 2.45) is 5.90 Å². The molecule has 0 aromatic rings. The van der Waals surface area contributed by atoms with Crippen LogP contribution in [0.25, 0.3) is 0 Å². The van der Waals surface area contributed by atoms with Gasteiger partial charge in [0.15, 0.2) is 0 Å². The second-order valence-electron chi connectivity index (χ2n) is 0.351. The van der Waals surface area contributed by atoms with Crippen LogP contribution in [-0.2, 0) is 39.8 Å². The van der Waals surface area contributed by atoms with Crippen molar-refractivity contribution in [3.8, 4) is 0 Å². The summed E-state index contributed by atoms with van der Waals surface area (Å²) in [6.45, 7) is 0. The summed E-state index contributed by atoms with van der Waals surface area (Å²) < 4.78 is 17.3. The van der Waals surface area contributed by atoms with E-state index in [4.69, 9.17) is 0 Å². The van der Waals surface area contributed by atoms with Crippen LogP contribution in [0.5, 0.6) is 0 Å². The van der Waals surface area contributed by atoms with E-state index in [1.165, 1.54) is 0 Å². The van der Waals surface area contributed by atoms with Gasteiger partial charge in [-0.2, -0.15) is 0 Å². The van der Waals surface area contributed by atoms with Crippen molar-refractivity contribution >= 4 is 11.4 Å². The first-order valence-corrected chi connectivity index (χ1v) is 2.74. The first-order valence-electron chi connectivity index (χ1n) is 0.859. The monoisotopic (exact) mass is 310 g/mol. The van der Waals surface area contributed by atoms with Crippen molar-refractivity contribution in [3.63, 3.8) is 0 Å². The summed E-state index contributed by atoms with van der Waals surface area (Å²) in [5, 5.41) is 0. The van der Waals surface area contributed by atoms with Crippen LogP contribution < -0.4 is 12.0 Å². The molecule has 0 bridgehead atoms. The van der Waals surface area contributed by atoms with Gasteiger partial charge in [-0.3, -0.25) is 0 Å². The fourth-order valence-corrected chi connectivity index (χ4v) is 0.291. The van der Waals surface area contributed by atoms with Crippen LogP contribution >= 0.6 is 0 Å². The third-order valence-electron chi connectivity index (χ3n) is 0.120. The van der Waals surface area contributed by atoms with Gasteiger partial charge in [-0.15, -0.1) is 0 Å². The Hall–Kier alpha value is 0.730.